The summed E-state index contributed by atoms with van der Waals surface area (Å²) in [5.41, 5.74) is 14.8. The molecule has 1 atom stereocenters. The third-order valence-electron chi connectivity index (χ3n) is 12.0. The Kier molecular flexibility index (Phi) is 9.42. The Hall–Kier alpha value is -7.49. The molecule has 0 bridgehead atoms. The topological polar surface area (TPSA) is 29.3 Å². The van der Waals surface area contributed by atoms with Gasteiger partial charge >= 0.3 is 0 Å². The van der Waals surface area contributed by atoms with Gasteiger partial charge in [-0.05, 0) is 112 Å². The first-order chi connectivity index (χ1) is 29.4. The molecule has 0 spiro atoms. The van der Waals surface area contributed by atoms with Crippen LogP contribution >= 0.6 is 0 Å². The van der Waals surface area contributed by atoms with Gasteiger partial charge in [-0.2, -0.15) is 0 Å². The zero-order chi connectivity index (χ0) is 40.7. The van der Waals surface area contributed by atoms with Crippen molar-refractivity contribution in [1.29, 1.82) is 0 Å². The number of aromatic nitrogens is 1. The van der Waals surface area contributed by atoms with Crippen molar-refractivity contribution in [3.8, 4) is 27.9 Å². The molecule has 10 aromatic rings. The van der Waals surface area contributed by atoms with Gasteiger partial charge in [0, 0.05) is 39.0 Å². The second-order valence-electron chi connectivity index (χ2n) is 15.8. The van der Waals surface area contributed by atoms with Crippen molar-refractivity contribution in [1.82, 2.24) is 9.88 Å². The fraction of sp³-hybridized carbons (Fsp3) is 0.0702. The predicted molar refractivity (Wildman–Crippen MR) is 256 cm³/mol. The van der Waals surface area contributed by atoms with E-state index in [1.807, 2.05) is 18.2 Å². The predicted octanol–water partition coefficient (Wildman–Crippen LogP) is 14.8. The normalized spacial score (nSPS) is 12.3. The van der Waals surface area contributed by atoms with Crippen molar-refractivity contribution < 1.29 is 0 Å². The lowest BCUT2D eigenvalue weighted by Crippen LogP contribution is -2.27. The maximum atomic E-state index is 5.15. The first-order valence-electron chi connectivity index (χ1n) is 20.7. The smallest absolute Gasteiger partial charge is 0.134 e. The van der Waals surface area contributed by atoms with E-state index in [0.29, 0.717) is 5.70 Å². The molecule has 0 saturated heterocycles. The number of benzene rings is 9. The molecular weight excluding hydrogens is 727 g/mol. The van der Waals surface area contributed by atoms with Gasteiger partial charge < -0.3 is 9.88 Å². The Morgan fingerprint density at radius 1 is 0.517 bits per heavy atom. The molecule has 0 radical (unpaired) electrons. The maximum Gasteiger partial charge on any atom is 0.134 e. The molecule has 1 unspecified atom stereocenters. The molecule has 0 aliphatic heterocycles. The summed E-state index contributed by atoms with van der Waals surface area (Å²) >= 11 is 0. The Morgan fingerprint density at radius 3 is 1.93 bits per heavy atom. The van der Waals surface area contributed by atoms with Gasteiger partial charge in [0.05, 0.1) is 16.7 Å². The molecule has 0 saturated carbocycles. The molecule has 1 aromatic heterocycles. The Bertz CT molecular complexity index is 3260. The van der Waals surface area contributed by atoms with Crippen molar-refractivity contribution >= 4 is 54.9 Å². The van der Waals surface area contributed by atoms with Crippen LogP contribution in [0.1, 0.15) is 40.8 Å². The van der Waals surface area contributed by atoms with Crippen LogP contribution in [0.25, 0.3) is 77.0 Å². The summed E-state index contributed by atoms with van der Waals surface area (Å²) in [6.07, 6.45) is 0. The number of hydrogen-bond acceptors (Lipinski definition) is 1. The Balaban J connectivity index is 1.22. The Morgan fingerprint density at radius 2 is 1.17 bits per heavy atom. The fourth-order valence-corrected chi connectivity index (χ4v) is 8.90. The van der Waals surface area contributed by atoms with E-state index in [4.69, 9.17) is 4.99 Å². The summed E-state index contributed by atoms with van der Waals surface area (Å²) in [5, 5.41) is 11.1. The second-order valence-corrected chi connectivity index (χ2v) is 15.8. The number of rotatable bonds is 8. The first-order valence-corrected chi connectivity index (χ1v) is 20.7. The zero-order valence-corrected chi connectivity index (χ0v) is 34.2. The molecule has 60 heavy (non-hydrogen) atoms. The van der Waals surface area contributed by atoms with E-state index in [-0.39, 0.29) is 6.04 Å². The third kappa shape index (κ3) is 6.55. The maximum absolute atomic E-state index is 5.15. The highest BCUT2D eigenvalue weighted by Crippen LogP contribution is 2.45. The summed E-state index contributed by atoms with van der Waals surface area (Å²) in [7, 11) is 0. The number of amidine groups is 1. The van der Waals surface area contributed by atoms with Crippen molar-refractivity contribution in [2.75, 3.05) is 0 Å². The van der Waals surface area contributed by atoms with Gasteiger partial charge in [0.2, 0.25) is 0 Å². The quantitative estimate of drug-likeness (QED) is 0.121. The largest absolute Gasteiger partial charge is 0.363 e. The van der Waals surface area contributed by atoms with E-state index >= 15 is 0 Å². The molecule has 10 rings (SSSR count). The van der Waals surface area contributed by atoms with Gasteiger partial charge in [-0.15, -0.1) is 0 Å². The molecule has 9 aromatic carbocycles. The van der Waals surface area contributed by atoms with Crippen LogP contribution in [-0.2, 0) is 0 Å². The summed E-state index contributed by atoms with van der Waals surface area (Å²) in [6, 6.07) is 69.9. The number of fused-ring (bicyclic) bond motifs is 6. The fourth-order valence-electron chi connectivity index (χ4n) is 8.90. The van der Waals surface area contributed by atoms with Crippen molar-refractivity contribution in [2.24, 2.45) is 4.99 Å². The SMILES string of the molecule is C=C(N=C(NC(C)c1ccccc1)c1ccc(-n2c3c(-c4ccc(C)c(-c5ccccc5C)c4)c4ccccc4cc3c3ccc4ccccc4c32)cc1)c1ccccc1. The number of hydrogen-bond donors (Lipinski definition) is 1. The minimum atomic E-state index is 0.0202. The molecule has 0 aliphatic carbocycles. The molecule has 3 heteroatoms. The standard InChI is InChI=1S/C57H45N3/c1-37-17-11-14-24-48(37)52-36-46(28-27-38(52)2)54-49-25-15-13-23-45(49)35-53-51-34-31-43-22-12-16-26-50(43)55(51)60(56(53)54)47-32-29-44(30-33-47)57(58-39(3)41-18-7-5-8-19-41)59-40(4)42-20-9-6-10-21-42/h5-36,40H,3H2,1-2,4H3,(H,58,59). The van der Waals surface area contributed by atoms with Crippen molar-refractivity contribution in [3.63, 3.8) is 0 Å². The lowest BCUT2D eigenvalue weighted by atomic mass is 9.90. The molecule has 288 valence electrons. The van der Waals surface area contributed by atoms with E-state index in [1.54, 1.807) is 0 Å². The lowest BCUT2D eigenvalue weighted by Gasteiger charge is -2.19. The van der Waals surface area contributed by atoms with E-state index in [0.717, 1.165) is 22.6 Å². The molecule has 1 N–H and O–H groups in total. The van der Waals surface area contributed by atoms with Crippen LogP contribution in [0, 0.1) is 13.8 Å². The number of aliphatic imine (C=N–C) groups is 1. The number of nitrogens with one attached hydrogen (secondary N) is 1. The third-order valence-corrected chi connectivity index (χ3v) is 12.0. The molecular formula is C57H45N3. The molecule has 0 fully saturated rings. The van der Waals surface area contributed by atoms with Gasteiger partial charge in [0.25, 0.3) is 0 Å². The Labute approximate surface area is 351 Å². The van der Waals surface area contributed by atoms with E-state index < -0.39 is 0 Å². The minimum absolute atomic E-state index is 0.0202. The van der Waals surface area contributed by atoms with Crippen molar-refractivity contribution in [2.45, 2.75) is 26.8 Å². The van der Waals surface area contributed by atoms with E-state index in [2.05, 4.69) is 213 Å². The highest BCUT2D eigenvalue weighted by atomic mass is 15.0. The van der Waals surface area contributed by atoms with E-state index in [9.17, 15) is 0 Å². The average Bonchev–Trinajstić information content (AvgIpc) is 3.63. The van der Waals surface area contributed by atoms with Crippen LogP contribution in [0.15, 0.2) is 206 Å². The van der Waals surface area contributed by atoms with Gasteiger partial charge in [0.1, 0.15) is 5.84 Å². The molecule has 0 amide bonds. The summed E-state index contributed by atoms with van der Waals surface area (Å²) in [5.74, 6) is 0.773. The molecule has 0 aliphatic rings. The van der Waals surface area contributed by atoms with Crippen molar-refractivity contribution in [3.05, 3.63) is 229 Å². The zero-order valence-electron chi connectivity index (χ0n) is 34.2. The van der Waals surface area contributed by atoms with Gasteiger partial charge in [-0.3, -0.25) is 0 Å². The first kappa shape index (κ1) is 36.8. The number of nitrogens with zero attached hydrogens (tertiary/aromatic N) is 2. The highest BCUT2D eigenvalue weighted by molar-refractivity contribution is 6.25. The van der Waals surface area contributed by atoms with Crippen LogP contribution in [0.5, 0.6) is 0 Å². The molecule has 3 nitrogen and oxygen atoms in total. The summed E-state index contributed by atoms with van der Waals surface area (Å²) in [4.78, 5) is 5.15. The molecule has 1 heterocycles. The number of aryl methyl sites for hydroxylation is 2. The highest BCUT2D eigenvalue weighted by Gasteiger charge is 2.22. The monoisotopic (exact) mass is 771 g/mol. The minimum Gasteiger partial charge on any atom is -0.363 e. The van der Waals surface area contributed by atoms with Crippen LogP contribution in [0.4, 0.5) is 0 Å². The van der Waals surface area contributed by atoms with Gasteiger partial charge in [-0.25, -0.2) is 4.99 Å². The average molecular weight is 772 g/mol. The van der Waals surface area contributed by atoms with Crippen LogP contribution in [0.3, 0.4) is 0 Å². The van der Waals surface area contributed by atoms with Gasteiger partial charge in [0.15, 0.2) is 0 Å². The van der Waals surface area contributed by atoms with Gasteiger partial charge in [-0.1, -0.05) is 164 Å². The second kappa shape index (κ2) is 15.4. The summed E-state index contributed by atoms with van der Waals surface area (Å²) < 4.78 is 2.51. The van der Waals surface area contributed by atoms with Crippen LogP contribution in [0.2, 0.25) is 0 Å². The van der Waals surface area contributed by atoms with Crippen LogP contribution in [-0.4, -0.2) is 10.4 Å². The van der Waals surface area contributed by atoms with Crippen LogP contribution < -0.4 is 5.32 Å². The lowest BCUT2D eigenvalue weighted by molar-refractivity contribution is 0.717. The van der Waals surface area contributed by atoms with E-state index in [1.165, 1.54) is 82.3 Å². The summed E-state index contributed by atoms with van der Waals surface area (Å²) in [6.45, 7) is 11.0.